The van der Waals surface area contributed by atoms with E-state index in [0.717, 1.165) is 30.5 Å². The van der Waals surface area contributed by atoms with Gasteiger partial charge in [-0.05, 0) is 48.9 Å². The Hall–Kier alpha value is -1.82. The van der Waals surface area contributed by atoms with E-state index < -0.39 is 0 Å². The van der Waals surface area contributed by atoms with E-state index in [4.69, 9.17) is 5.26 Å². The highest BCUT2D eigenvalue weighted by atomic mass is 16.2. The van der Waals surface area contributed by atoms with Crippen LogP contribution in [-0.4, -0.2) is 17.4 Å². The highest BCUT2D eigenvalue weighted by Gasteiger charge is 2.22. The highest BCUT2D eigenvalue weighted by molar-refractivity contribution is 5.76. The molecule has 0 bridgehead atoms. The highest BCUT2D eigenvalue weighted by Crippen LogP contribution is 2.24. The summed E-state index contributed by atoms with van der Waals surface area (Å²) in [5.74, 6) is 0.975. The third-order valence-corrected chi connectivity index (χ3v) is 4.46. The average molecular weight is 284 g/mol. The van der Waals surface area contributed by atoms with Gasteiger partial charge in [0.15, 0.2) is 0 Å². The lowest BCUT2D eigenvalue weighted by Gasteiger charge is -2.22. The largest absolute Gasteiger partial charge is 0.338 e. The van der Waals surface area contributed by atoms with Crippen molar-refractivity contribution in [3.05, 3.63) is 34.9 Å². The molecule has 21 heavy (non-hydrogen) atoms. The molecule has 0 N–H and O–H groups in total. The van der Waals surface area contributed by atoms with Gasteiger partial charge in [-0.1, -0.05) is 25.8 Å². The lowest BCUT2D eigenvalue weighted by atomic mass is 9.96. The Morgan fingerprint density at radius 1 is 1.38 bits per heavy atom. The van der Waals surface area contributed by atoms with Gasteiger partial charge in [-0.2, -0.15) is 5.26 Å². The number of amides is 1. The molecule has 0 saturated carbocycles. The maximum absolute atomic E-state index is 12.3. The second-order valence-corrected chi connectivity index (χ2v) is 6.05. The second-order valence-electron chi connectivity index (χ2n) is 6.05. The molecule has 1 aliphatic rings. The van der Waals surface area contributed by atoms with E-state index in [2.05, 4.69) is 13.0 Å². The van der Waals surface area contributed by atoms with Crippen LogP contribution >= 0.6 is 0 Å². The molecule has 1 aromatic rings. The zero-order valence-corrected chi connectivity index (χ0v) is 13.1. The summed E-state index contributed by atoms with van der Waals surface area (Å²) in [6.07, 6.45) is 5.27. The molecule has 1 atom stereocenters. The number of carbonyl (C=O) groups excluding carboxylic acids is 1. The van der Waals surface area contributed by atoms with Crippen LogP contribution in [0.2, 0.25) is 0 Å². The Bertz CT molecular complexity index is 545. The summed E-state index contributed by atoms with van der Waals surface area (Å²) in [6.45, 7) is 5.76. The van der Waals surface area contributed by atoms with Crippen LogP contribution < -0.4 is 0 Å². The van der Waals surface area contributed by atoms with E-state index in [1.807, 2.05) is 30.0 Å². The Morgan fingerprint density at radius 2 is 2.19 bits per heavy atom. The Morgan fingerprint density at radius 3 is 2.86 bits per heavy atom. The molecule has 0 aromatic heterocycles. The number of hydrogen-bond donors (Lipinski definition) is 0. The number of benzene rings is 1. The molecule has 112 valence electrons. The number of aryl methyl sites for hydroxylation is 1. The van der Waals surface area contributed by atoms with E-state index in [1.165, 1.54) is 12.8 Å². The van der Waals surface area contributed by atoms with Crippen LogP contribution in [0.5, 0.6) is 0 Å². The van der Waals surface area contributed by atoms with Crippen molar-refractivity contribution in [1.29, 1.82) is 5.26 Å². The van der Waals surface area contributed by atoms with Gasteiger partial charge in [0.1, 0.15) is 0 Å². The third-order valence-electron chi connectivity index (χ3n) is 4.46. The molecular weight excluding hydrogens is 260 g/mol. The zero-order valence-electron chi connectivity index (χ0n) is 13.1. The third kappa shape index (κ3) is 4.07. The van der Waals surface area contributed by atoms with Crippen molar-refractivity contribution in [2.75, 3.05) is 6.54 Å². The van der Waals surface area contributed by atoms with Crippen molar-refractivity contribution >= 4 is 5.91 Å². The first kappa shape index (κ1) is 15.6. The Balaban J connectivity index is 2.05. The number of likely N-dealkylation sites (tertiary alicyclic amines) is 1. The number of nitriles is 1. The molecule has 1 heterocycles. The van der Waals surface area contributed by atoms with Crippen molar-refractivity contribution in [2.45, 2.75) is 52.5 Å². The summed E-state index contributed by atoms with van der Waals surface area (Å²) in [4.78, 5) is 14.3. The second kappa shape index (κ2) is 7.26. The van der Waals surface area contributed by atoms with Crippen molar-refractivity contribution in [3.8, 4) is 6.07 Å². The van der Waals surface area contributed by atoms with Gasteiger partial charge in [0, 0.05) is 19.5 Å². The predicted molar refractivity (Wildman–Crippen MR) is 83.6 cm³/mol. The molecule has 3 heteroatoms. The van der Waals surface area contributed by atoms with Crippen molar-refractivity contribution in [2.24, 2.45) is 5.92 Å². The van der Waals surface area contributed by atoms with E-state index >= 15 is 0 Å². The average Bonchev–Trinajstić information content (AvgIpc) is 2.65. The molecule has 1 fully saturated rings. The molecule has 1 unspecified atom stereocenters. The van der Waals surface area contributed by atoms with Gasteiger partial charge in [0.2, 0.25) is 5.91 Å². The molecule has 1 saturated heterocycles. The van der Waals surface area contributed by atoms with Gasteiger partial charge >= 0.3 is 0 Å². The molecule has 0 aliphatic carbocycles. The lowest BCUT2D eigenvalue weighted by molar-refractivity contribution is -0.131. The number of rotatable bonds is 4. The van der Waals surface area contributed by atoms with E-state index in [1.54, 1.807) is 0 Å². The van der Waals surface area contributed by atoms with Gasteiger partial charge in [0.25, 0.3) is 0 Å². The van der Waals surface area contributed by atoms with Crippen LogP contribution in [0, 0.1) is 24.2 Å². The van der Waals surface area contributed by atoms with Crippen LogP contribution in [0.15, 0.2) is 18.2 Å². The van der Waals surface area contributed by atoms with Gasteiger partial charge in [-0.3, -0.25) is 4.79 Å². The molecular formula is C18H24N2O. The van der Waals surface area contributed by atoms with Gasteiger partial charge in [-0.25, -0.2) is 0 Å². The number of hydrogen-bond acceptors (Lipinski definition) is 2. The van der Waals surface area contributed by atoms with Gasteiger partial charge < -0.3 is 4.90 Å². The molecule has 3 nitrogen and oxygen atoms in total. The first-order valence-electron chi connectivity index (χ1n) is 7.91. The SMILES string of the molecule is CCCC1CCC(=O)N(Cc2ccc(C#N)cc2C)CC1. The predicted octanol–water partition coefficient (Wildman–Crippen LogP) is 3.80. The van der Waals surface area contributed by atoms with E-state index in [9.17, 15) is 4.79 Å². The van der Waals surface area contributed by atoms with Gasteiger partial charge in [-0.15, -0.1) is 0 Å². The van der Waals surface area contributed by atoms with Crippen molar-refractivity contribution < 1.29 is 4.79 Å². The molecule has 2 rings (SSSR count). The fraction of sp³-hybridized carbons (Fsp3) is 0.556. The minimum Gasteiger partial charge on any atom is -0.338 e. The molecule has 0 radical (unpaired) electrons. The molecule has 0 spiro atoms. The fourth-order valence-electron chi connectivity index (χ4n) is 3.11. The summed E-state index contributed by atoms with van der Waals surface area (Å²) in [5.41, 5.74) is 2.92. The van der Waals surface area contributed by atoms with Crippen LogP contribution in [-0.2, 0) is 11.3 Å². The van der Waals surface area contributed by atoms with Crippen LogP contribution in [0.25, 0.3) is 0 Å². The quantitative estimate of drug-likeness (QED) is 0.844. The standard InChI is InChI=1S/C18H24N2O/c1-3-4-15-6-8-18(21)20(10-9-15)13-17-7-5-16(12-19)11-14(17)2/h5,7,11,15H,3-4,6,8-10,13H2,1-2H3. The molecule has 1 aromatic carbocycles. The van der Waals surface area contributed by atoms with Gasteiger partial charge in [0.05, 0.1) is 11.6 Å². The van der Waals surface area contributed by atoms with Crippen LogP contribution in [0.4, 0.5) is 0 Å². The number of nitrogens with zero attached hydrogens (tertiary/aromatic N) is 2. The van der Waals surface area contributed by atoms with Crippen LogP contribution in [0.3, 0.4) is 0 Å². The maximum atomic E-state index is 12.3. The maximum Gasteiger partial charge on any atom is 0.222 e. The summed E-state index contributed by atoms with van der Waals surface area (Å²) in [6, 6.07) is 7.88. The normalized spacial score (nSPS) is 19.2. The van der Waals surface area contributed by atoms with E-state index in [0.29, 0.717) is 24.4 Å². The summed E-state index contributed by atoms with van der Waals surface area (Å²) >= 11 is 0. The molecule has 1 amide bonds. The first-order chi connectivity index (χ1) is 10.1. The van der Waals surface area contributed by atoms with Crippen molar-refractivity contribution in [1.82, 2.24) is 4.90 Å². The summed E-state index contributed by atoms with van der Waals surface area (Å²) < 4.78 is 0. The molecule has 1 aliphatic heterocycles. The lowest BCUT2D eigenvalue weighted by Crippen LogP contribution is -2.30. The first-order valence-corrected chi connectivity index (χ1v) is 7.91. The minimum absolute atomic E-state index is 0.275. The smallest absolute Gasteiger partial charge is 0.222 e. The zero-order chi connectivity index (χ0) is 15.2. The fourth-order valence-corrected chi connectivity index (χ4v) is 3.11. The number of carbonyl (C=O) groups is 1. The monoisotopic (exact) mass is 284 g/mol. The minimum atomic E-state index is 0.275. The summed E-state index contributed by atoms with van der Waals surface area (Å²) in [5, 5.41) is 8.92. The summed E-state index contributed by atoms with van der Waals surface area (Å²) in [7, 11) is 0. The Labute approximate surface area is 127 Å². The Kier molecular flexibility index (Phi) is 5.38. The van der Waals surface area contributed by atoms with E-state index in [-0.39, 0.29) is 5.91 Å². The topological polar surface area (TPSA) is 44.1 Å². The van der Waals surface area contributed by atoms with Crippen LogP contribution in [0.1, 0.15) is 55.7 Å². The van der Waals surface area contributed by atoms with Crippen molar-refractivity contribution in [3.63, 3.8) is 0 Å².